The Morgan fingerprint density at radius 2 is 2.00 bits per heavy atom. The van der Waals surface area contributed by atoms with Gasteiger partial charge >= 0.3 is 6.09 Å². The van der Waals surface area contributed by atoms with Crippen LogP contribution in [-0.2, 0) is 11.3 Å². The molecule has 3 heterocycles. The monoisotopic (exact) mass is 439 g/mol. The number of halogens is 1. The minimum Gasteiger partial charge on any atom is -0.444 e. The summed E-state index contributed by atoms with van der Waals surface area (Å²) in [5.74, 6) is 0.649. The van der Waals surface area contributed by atoms with E-state index in [1.165, 1.54) is 12.1 Å². The van der Waals surface area contributed by atoms with E-state index in [1.54, 1.807) is 23.2 Å². The van der Waals surface area contributed by atoms with E-state index in [4.69, 9.17) is 9.15 Å². The Bertz CT molecular complexity index is 1060. The van der Waals surface area contributed by atoms with E-state index in [0.29, 0.717) is 37.1 Å². The number of pyridine rings is 1. The fraction of sp³-hybridized carbons (Fsp3) is 0.391. The first-order valence-corrected chi connectivity index (χ1v) is 10.5. The smallest absolute Gasteiger partial charge is 0.410 e. The number of likely N-dealkylation sites (tertiary alicyclic amines) is 1. The number of anilines is 1. The molecule has 0 radical (unpaired) electrons. The number of ether oxygens (including phenoxy) is 1. The summed E-state index contributed by atoms with van der Waals surface area (Å²) < 4.78 is 24.1. The molecule has 8 nitrogen and oxygen atoms in total. The molecule has 0 spiro atoms. The van der Waals surface area contributed by atoms with E-state index < -0.39 is 5.60 Å². The van der Waals surface area contributed by atoms with Crippen LogP contribution in [0.15, 0.2) is 47.0 Å². The van der Waals surface area contributed by atoms with Crippen molar-refractivity contribution >= 4 is 11.8 Å². The van der Waals surface area contributed by atoms with Gasteiger partial charge < -0.3 is 19.4 Å². The van der Waals surface area contributed by atoms with Crippen molar-refractivity contribution in [2.24, 2.45) is 0 Å². The molecule has 1 aromatic carbocycles. The van der Waals surface area contributed by atoms with Crippen molar-refractivity contribution in [2.75, 3.05) is 18.4 Å². The molecule has 1 aliphatic heterocycles. The van der Waals surface area contributed by atoms with Crippen LogP contribution < -0.4 is 5.32 Å². The second-order valence-electron chi connectivity index (χ2n) is 8.75. The molecule has 1 aliphatic rings. The molecule has 0 bridgehead atoms. The lowest BCUT2D eigenvalue weighted by Crippen LogP contribution is -2.35. The van der Waals surface area contributed by atoms with Crippen LogP contribution in [0.3, 0.4) is 0 Å². The number of amides is 1. The first-order valence-electron chi connectivity index (χ1n) is 10.5. The number of hydrogen-bond acceptors (Lipinski definition) is 7. The zero-order valence-electron chi connectivity index (χ0n) is 18.3. The Balaban J connectivity index is 1.34. The molecular weight excluding hydrogens is 413 g/mol. The highest BCUT2D eigenvalue weighted by molar-refractivity contribution is 5.68. The van der Waals surface area contributed by atoms with Crippen molar-refractivity contribution < 1.29 is 18.3 Å². The lowest BCUT2D eigenvalue weighted by atomic mass is 10.0. The number of aromatic nitrogens is 3. The van der Waals surface area contributed by atoms with Gasteiger partial charge in [-0.2, -0.15) is 0 Å². The Kier molecular flexibility index (Phi) is 6.07. The highest BCUT2D eigenvalue weighted by Gasteiger charge is 2.30. The minimum atomic E-state index is -0.504. The third kappa shape index (κ3) is 5.40. The summed E-state index contributed by atoms with van der Waals surface area (Å²) in [4.78, 5) is 18.5. The van der Waals surface area contributed by atoms with Crippen molar-refractivity contribution in [2.45, 2.75) is 45.3 Å². The van der Waals surface area contributed by atoms with Gasteiger partial charge in [-0.3, -0.25) is 4.98 Å². The summed E-state index contributed by atoms with van der Waals surface area (Å²) in [6.45, 7) is 7.18. The molecule has 1 saturated heterocycles. The first kappa shape index (κ1) is 21.7. The van der Waals surface area contributed by atoms with Crippen molar-refractivity contribution in [1.29, 1.82) is 0 Å². The summed E-state index contributed by atoms with van der Waals surface area (Å²) in [6, 6.07) is 9.86. The molecule has 1 unspecified atom stereocenters. The topological polar surface area (TPSA) is 93.4 Å². The van der Waals surface area contributed by atoms with Crippen LogP contribution in [-0.4, -0.2) is 44.9 Å². The fourth-order valence-electron chi connectivity index (χ4n) is 3.47. The molecular formula is C23H26FN5O3. The van der Waals surface area contributed by atoms with Crippen molar-refractivity contribution in [3.8, 4) is 11.6 Å². The zero-order chi connectivity index (χ0) is 22.7. The zero-order valence-corrected chi connectivity index (χ0v) is 18.3. The number of benzene rings is 1. The summed E-state index contributed by atoms with van der Waals surface area (Å²) in [5.41, 5.74) is 1.88. The molecule has 3 aromatic rings. The lowest BCUT2D eigenvalue weighted by Gasteiger charge is -2.24. The normalized spacial score (nSPS) is 16.2. The molecule has 1 atom stereocenters. The minimum absolute atomic E-state index is 0.210. The van der Waals surface area contributed by atoms with Crippen LogP contribution >= 0.6 is 0 Å². The van der Waals surface area contributed by atoms with Crippen LogP contribution in [0.5, 0.6) is 0 Å². The average molecular weight is 439 g/mol. The maximum Gasteiger partial charge on any atom is 0.410 e. The standard InChI is InChI=1S/C23H26FN5O3/c1-23(2,3)32-22(30)29-11-10-16(14-29)15-4-9-19(26-12-15)21-28-27-20(31-21)13-25-18-7-5-17(24)6-8-18/h4-9,12,16,25H,10-11,13-14H2,1-3H3. The van der Waals surface area contributed by atoms with Gasteiger partial charge in [-0.25, -0.2) is 9.18 Å². The van der Waals surface area contributed by atoms with Gasteiger partial charge in [0, 0.05) is 30.9 Å². The van der Waals surface area contributed by atoms with Gasteiger partial charge in [0.15, 0.2) is 0 Å². The molecule has 0 aliphatic carbocycles. The van der Waals surface area contributed by atoms with Gasteiger partial charge in [-0.05, 0) is 63.1 Å². The molecule has 2 aromatic heterocycles. The first-order chi connectivity index (χ1) is 15.3. The molecule has 4 rings (SSSR count). The van der Waals surface area contributed by atoms with Gasteiger partial charge in [-0.1, -0.05) is 6.07 Å². The molecule has 32 heavy (non-hydrogen) atoms. The molecule has 1 N–H and O–H groups in total. The average Bonchev–Trinajstić information content (AvgIpc) is 3.42. The Morgan fingerprint density at radius 1 is 1.22 bits per heavy atom. The third-order valence-electron chi connectivity index (χ3n) is 5.07. The Hall–Kier alpha value is -3.49. The highest BCUT2D eigenvalue weighted by atomic mass is 19.1. The van der Waals surface area contributed by atoms with Crippen LogP contribution in [0.4, 0.5) is 14.9 Å². The Morgan fingerprint density at radius 3 is 2.69 bits per heavy atom. The molecule has 1 fully saturated rings. The summed E-state index contributed by atoms with van der Waals surface area (Å²) >= 11 is 0. The van der Waals surface area contributed by atoms with E-state index >= 15 is 0 Å². The SMILES string of the molecule is CC(C)(C)OC(=O)N1CCC(c2ccc(-c3nnc(CNc4ccc(F)cc4)o3)nc2)C1. The number of nitrogens with zero attached hydrogens (tertiary/aromatic N) is 4. The maximum absolute atomic E-state index is 13.0. The van der Waals surface area contributed by atoms with Crippen molar-refractivity contribution in [1.82, 2.24) is 20.1 Å². The number of rotatable bonds is 5. The Labute approximate surface area is 185 Å². The fourth-order valence-corrected chi connectivity index (χ4v) is 3.47. The predicted octanol–water partition coefficient (Wildman–Crippen LogP) is 4.61. The quantitative estimate of drug-likeness (QED) is 0.621. The lowest BCUT2D eigenvalue weighted by molar-refractivity contribution is 0.0292. The highest BCUT2D eigenvalue weighted by Crippen LogP contribution is 2.29. The third-order valence-corrected chi connectivity index (χ3v) is 5.07. The van der Waals surface area contributed by atoms with Crippen LogP contribution in [0, 0.1) is 5.82 Å². The van der Waals surface area contributed by atoms with E-state index in [1.807, 2.05) is 32.9 Å². The number of nitrogens with one attached hydrogen (secondary N) is 1. The number of carbonyl (C=O) groups is 1. The van der Waals surface area contributed by atoms with Crippen LogP contribution in [0.25, 0.3) is 11.6 Å². The predicted molar refractivity (Wildman–Crippen MR) is 116 cm³/mol. The van der Waals surface area contributed by atoms with E-state index in [2.05, 4.69) is 20.5 Å². The second-order valence-corrected chi connectivity index (χ2v) is 8.75. The van der Waals surface area contributed by atoms with E-state index in [0.717, 1.165) is 17.7 Å². The van der Waals surface area contributed by atoms with E-state index in [9.17, 15) is 9.18 Å². The largest absolute Gasteiger partial charge is 0.444 e. The molecule has 168 valence electrons. The van der Waals surface area contributed by atoms with Gasteiger partial charge in [0.25, 0.3) is 5.89 Å². The van der Waals surface area contributed by atoms with Gasteiger partial charge in [0.1, 0.15) is 17.1 Å². The number of carbonyl (C=O) groups excluding carboxylic acids is 1. The van der Waals surface area contributed by atoms with E-state index in [-0.39, 0.29) is 17.8 Å². The van der Waals surface area contributed by atoms with Gasteiger partial charge in [-0.15, -0.1) is 10.2 Å². The van der Waals surface area contributed by atoms with Gasteiger partial charge in [0.05, 0.1) is 6.54 Å². The summed E-state index contributed by atoms with van der Waals surface area (Å²) in [5, 5.41) is 11.2. The van der Waals surface area contributed by atoms with Crippen molar-refractivity contribution in [3.05, 3.63) is 59.9 Å². The second kappa shape index (κ2) is 8.94. The van der Waals surface area contributed by atoms with Gasteiger partial charge in [0.2, 0.25) is 5.89 Å². The van der Waals surface area contributed by atoms with Crippen molar-refractivity contribution in [3.63, 3.8) is 0 Å². The molecule has 9 heteroatoms. The molecule has 1 amide bonds. The maximum atomic E-state index is 13.0. The summed E-state index contributed by atoms with van der Waals surface area (Å²) in [6.07, 6.45) is 2.37. The van der Waals surface area contributed by atoms with Crippen LogP contribution in [0.2, 0.25) is 0 Å². The number of hydrogen-bond donors (Lipinski definition) is 1. The van der Waals surface area contributed by atoms with Crippen LogP contribution in [0.1, 0.15) is 44.6 Å². The summed E-state index contributed by atoms with van der Waals surface area (Å²) in [7, 11) is 0. The molecule has 0 saturated carbocycles.